The Morgan fingerprint density at radius 3 is 2.53 bits per heavy atom. The van der Waals surface area contributed by atoms with Crippen LogP contribution in [0.4, 0.5) is 11.4 Å². The number of rotatable bonds is 2. The van der Waals surface area contributed by atoms with Gasteiger partial charge in [0, 0.05) is 5.69 Å². The van der Waals surface area contributed by atoms with Crippen molar-refractivity contribution < 1.29 is 4.79 Å². The van der Waals surface area contributed by atoms with Crippen molar-refractivity contribution in [1.82, 2.24) is 0 Å². The third-order valence-electron chi connectivity index (χ3n) is 2.47. The van der Waals surface area contributed by atoms with Crippen LogP contribution in [-0.4, -0.2) is 5.91 Å². The highest BCUT2D eigenvalue weighted by Gasteiger charge is 2.13. The van der Waals surface area contributed by atoms with Crippen molar-refractivity contribution in [3.8, 4) is 0 Å². The maximum Gasteiger partial charge on any atom is 0.256 e. The first-order chi connectivity index (χ1) is 9.00. The van der Waals surface area contributed by atoms with Crippen LogP contribution >= 0.6 is 43.5 Å². The van der Waals surface area contributed by atoms with Gasteiger partial charge in [-0.25, -0.2) is 0 Å². The quantitative estimate of drug-likeness (QED) is 0.713. The SMILES string of the molecule is Nc1cccc(C(=O)Nc2cccc(Cl)c2Br)c1Br. The zero-order chi connectivity index (χ0) is 14.0. The molecule has 0 aliphatic heterocycles. The van der Waals surface area contributed by atoms with Gasteiger partial charge in [0.1, 0.15) is 0 Å². The van der Waals surface area contributed by atoms with Crippen molar-refractivity contribution in [2.45, 2.75) is 0 Å². The molecule has 0 saturated heterocycles. The van der Waals surface area contributed by atoms with Gasteiger partial charge in [-0.2, -0.15) is 0 Å². The smallest absolute Gasteiger partial charge is 0.256 e. The van der Waals surface area contributed by atoms with E-state index < -0.39 is 0 Å². The van der Waals surface area contributed by atoms with Gasteiger partial charge >= 0.3 is 0 Å². The maximum absolute atomic E-state index is 12.2. The highest BCUT2D eigenvalue weighted by molar-refractivity contribution is 9.11. The van der Waals surface area contributed by atoms with Crippen molar-refractivity contribution in [3.63, 3.8) is 0 Å². The molecule has 0 unspecified atom stereocenters. The van der Waals surface area contributed by atoms with E-state index in [0.29, 0.717) is 30.9 Å². The lowest BCUT2D eigenvalue weighted by atomic mass is 10.2. The molecule has 1 amide bonds. The van der Waals surface area contributed by atoms with Crippen LogP contribution < -0.4 is 11.1 Å². The Hall–Kier alpha value is -1.04. The number of amides is 1. The van der Waals surface area contributed by atoms with Gasteiger partial charge < -0.3 is 11.1 Å². The van der Waals surface area contributed by atoms with Crippen LogP contribution in [0, 0.1) is 0 Å². The number of hydrogen-bond acceptors (Lipinski definition) is 2. The lowest BCUT2D eigenvalue weighted by Crippen LogP contribution is -2.13. The van der Waals surface area contributed by atoms with E-state index in [9.17, 15) is 4.79 Å². The average molecular weight is 404 g/mol. The van der Waals surface area contributed by atoms with Crippen molar-refractivity contribution in [2.75, 3.05) is 11.1 Å². The molecule has 6 heteroatoms. The molecular formula is C13H9Br2ClN2O. The first kappa shape index (κ1) is 14.4. The third-order valence-corrected chi connectivity index (χ3v) is 4.76. The van der Waals surface area contributed by atoms with Crippen molar-refractivity contribution in [2.24, 2.45) is 0 Å². The number of carbonyl (C=O) groups excluding carboxylic acids is 1. The standard InChI is InChI=1S/C13H9Br2ClN2O/c14-11-7(3-1-5-9(11)17)13(19)18-10-6-2-4-8(16)12(10)15/h1-6H,17H2,(H,18,19). The Kier molecular flexibility index (Phi) is 4.50. The Bertz CT molecular complexity index is 647. The summed E-state index contributed by atoms with van der Waals surface area (Å²) in [6.45, 7) is 0. The first-order valence-corrected chi connectivity index (χ1v) is 7.26. The number of benzene rings is 2. The van der Waals surface area contributed by atoms with Gasteiger partial charge in [-0.3, -0.25) is 4.79 Å². The molecule has 0 atom stereocenters. The van der Waals surface area contributed by atoms with Crippen molar-refractivity contribution >= 4 is 60.7 Å². The van der Waals surface area contributed by atoms with Gasteiger partial charge in [-0.1, -0.05) is 23.7 Å². The summed E-state index contributed by atoms with van der Waals surface area (Å²) in [5.41, 5.74) is 7.33. The molecule has 2 aromatic rings. The molecule has 0 aromatic heterocycles. The summed E-state index contributed by atoms with van der Waals surface area (Å²) in [4.78, 5) is 12.2. The van der Waals surface area contributed by atoms with E-state index in [2.05, 4.69) is 37.2 Å². The predicted octanol–water partition coefficient (Wildman–Crippen LogP) is 4.70. The fraction of sp³-hybridized carbons (Fsp3) is 0. The van der Waals surface area contributed by atoms with Crippen LogP contribution in [-0.2, 0) is 0 Å². The van der Waals surface area contributed by atoms with E-state index in [-0.39, 0.29) is 5.91 Å². The summed E-state index contributed by atoms with van der Waals surface area (Å²) < 4.78 is 1.22. The van der Waals surface area contributed by atoms with E-state index >= 15 is 0 Å². The molecule has 0 aliphatic carbocycles. The van der Waals surface area contributed by atoms with Crippen LogP contribution in [0.5, 0.6) is 0 Å². The molecule has 3 N–H and O–H groups in total. The number of nitrogens with two attached hydrogens (primary N) is 1. The molecule has 0 aliphatic rings. The summed E-state index contributed by atoms with van der Waals surface area (Å²) in [6, 6.07) is 10.4. The van der Waals surface area contributed by atoms with Crippen molar-refractivity contribution in [3.05, 3.63) is 55.9 Å². The topological polar surface area (TPSA) is 55.1 Å². The first-order valence-electron chi connectivity index (χ1n) is 5.30. The van der Waals surface area contributed by atoms with Crippen LogP contribution in [0.3, 0.4) is 0 Å². The normalized spacial score (nSPS) is 10.3. The van der Waals surface area contributed by atoms with Gasteiger partial charge in [-0.05, 0) is 56.1 Å². The molecule has 0 spiro atoms. The van der Waals surface area contributed by atoms with Gasteiger partial charge in [0.2, 0.25) is 0 Å². The molecule has 0 heterocycles. The molecule has 0 radical (unpaired) electrons. The van der Waals surface area contributed by atoms with Gasteiger partial charge in [-0.15, -0.1) is 0 Å². The van der Waals surface area contributed by atoms with Crippen LogP contribution in [0.25, 0.3) is 0 Å². The van der Waals surface area contributed by atoms with E-state index in [1.165, 1.54) is 0 Å². The number of hydrogen-bond donors (Lipinski definition) is 2. The van der Waals surface area contributed by atoms with Crippen molar-refractivity contribution in [1.29, 1.82) is 0 Å². The monoisotopic (exact) mass is 402 g/mol. The minimum Gasteiger partial charge on any atom is -0.398 e. The molecule has 0 fully saturated rings. The van der Waals surface area contributed by atoms with E-state index in [0.717, 1.165) is 0 Å². The van der Waals surface area contributed by atoms with Gasteiger partial charge in [0.05, 0.1) is 25.2 Å². The molecule has 19 heavy (non-hydrogen) atoms. The second-order valence-electron chi connectivity index (χ2n) is 3.76. The molecule has 0 bridgehead atoms. The van der Waals surface area contributed by atoms with E-state index in [1.807, 2.05) is 0 Å². The van der Waals surface area contributed by atoms with E-state index in [4.69, 9.17) is 17.3 Å². The predicted molar refractivity (Wildman–Crippen MR) is 85.7 cm³/mol. The zero-order valence-electron chi connectivity index (χ0n) is 9.58. The second-order valence-corrected chi connectivity index (χ2v) is 5.76. The second kappa shape index (κ2) is 5.94. The Morgan fingerprint density at radius 1 is 1.11 bits per heavy atom. The van der Waals surface area contributed by atoms with Crippen LogP contribution in [0.15, 0.2) is 45.3 Å². The molecule has 3 nitrogen and oxygen atoms in total. The fourth-order valence-electron chi connectivity index (χ4n) is 1.52. The molecule has 2 rings (SSSR count). The molecular weight excluding hydrogens is 395 g/mol. The lowest BCUT2D eigenvalue weighted by molar-refractivity contribution is 0.102. The average Bonchev–Trinajstić information content (AvgIpc) is 2.38. The maximum atomic E-state index is 12.2. The minimum absolute atomic E-state index is 0.262. The van der Waals surface area contributed by atoms with Crippen LogP contribution in [0.1, 0.15) is 10.4 Å². The largest absolute Gasteiger partial charge is 0.398 e. The highest BCUT2D eigenvalue weighted by atomic mass is 79.9. The lowest BCUT2D eigenvalue weighted by Gasteiger charge is -2.10. The number of carbonyl (C=O) groups is 1. The highest BCUT2D eigenvalue weighted by Crippen LogP contribution is 2.31. The number of nitrogens with one attached hydrogen (secondary N) is 1. The number of anilines is 2. The summed E-state index contributed by atoms with van der Waals surface area (Å²) in [5, 5.41) is 3.31. The van der Waals surface area contributed by atoms with Gasteiger partial charge in [0.25, 0.3) is 5.91 Å². The molecule has 0 saturated carbocycles. The summed E-state index contributed by atoms with van der Waals surface area (Å²) >= 11 is 12.6. The zero-order valence-corrected chi connectivity index (χ0v) is 13.5. The van der Waals surface area contributed by atoms with Gasteiger partial charge in [0.15, 0.2) is 0 Å². The van der Waals surface area contributed by atoms with Crippen LogP contribution in [0.2, 0.25) is 5.02 Å². The Labute approximate surface area is 132 Å². The number of nitrogen functional groups attached to an aromatic ring is 1. The summed E-state index contributed by atoms with van der Waals surface area (Å²) in [7, 11) is 0. The number of halogens is 3. The molecule has 98 valence electrons. The third kappa shape index (κ3) is 3.11. The Balaban J connectivity index is 2.31. The van der Waals surface area contributed by atoms with E-state index in [1.54, 1.807) is 36.4 Å². The Morgan fingerprint density at radius 2 is 1.79 bits per heavy atom. The summed E-state index contributed by atoms with van der Waals surface area (Å²) in [6.07, 6.45) is 0. The summed E-state index contributed by atoms with van der Waals surface area (Å²) in [5.74, 6) is -0.262. The fourth-order valence-corrected chi connectivity index (χ4v) is 2.50. The molecule has 2 aromatic carbocycles. The minimum atomic E-state index is -0.262.